The maximum atomic E-state index is 12.7. The first kappa shape index (κ1) is 13.5. The fourth-order valence-electron chi connectivity index (χ4n) is 3.87. The molecule has 5 heteroatoms. The lowest BCUT2D eigenvalue weighted by molar-refractivity contribution is -0.116. The van der Waals surface area contributed by atoms with Crippen LogP contribution < -0.4 is 5.32 Å². The highest BCUT2D eigenvalue weighted by Gasteiger charge is 2.36. The lowest BCUT2D eigenvalue weighted by Gasteiger charge is -2.32. The van der Waals surface area contributed by atoms with Crippen LogP contribution in [0.3, 0.4) is 0 Å². The fourth-order valence-corrected chi connectivity index (χ4v) is 3.87. The van der Waals surface area contributed by atoms with Crippen LogP contribution in [0.5, 0.6) is 0 Å². The van der Waals surface area contributed by atoms with E-state index in [9.17, 15) is 4.79 Å². The van der Waals surface area contributed by atoms with Crippen molar-refractivity contribution in [2.75, 3.05) is 5.32 Å². The Morgan fingerprint density at radius 2 is 1.96 bits per heavy atom. The van der Waals surface area contributed by atoms with E-state index in [-0.39, 0.29) is 11.8 Å². The molecule has 1 aromatic heterocycles. The van der Waals surface area contributed by atoms with Gasteiger partial charge in [-0.2, -0.15) is 10.1 Å². The molecular formula is C19H16N4O. The van der Waals surface area contributed by atoms with Gasteiger partial charge in [0.05, 0.1) is 0 Å². The number of hydrogen-bond donors (Lipinski definition) is 1. The van der Waals surface area contributed by atoms with Gasteiger partial charge in [-0.05, 0) is 29.2 Å². The van der Waals surface area contributed by atoms with E-state index in [1.54, 1.807) is 6.33 Å². The number of carbonyl (C=O) groups excluding carboxylic acids is 1. The standard InChI is InChI=1S/C19H16N4O/c24-16-10-4-9-15-17(16)18(23-19(22-15)20-11-21-23)14-8-3-6-12-5-1-2-7-13(12)14/h1-3,5-8,11,18H,4,9-10H2,(H,20,21,22)/t18-/m1/s1. The number of Topliss-reactive ketones (excluding diaryl/α,β-unsaturated/α-hetero) is 1. The molecule has 0 bridgehead atoms. The molecule has 1 atom stereocenters. The normalized spacial score (nSPS) is 19.8. The topological polar surface area (TPSA) is 59.8 Å². The van der Waals surface area contributed by atoms with Crippen LogP contribution in [0.25, 0.3) is 10.8 Å². The second kappa shape index (κ2) is 5.03. The molecule has 0 saturated carbocycles. The zero-order valence-electron chi connectivity index (χ0n) is 13.1. The molecule has 5 rings (SSSR count). The SMILES string of the molecule is O=C1CCCC2=C1[C@@H](c1cccc3ccccc13)n1ncnc1N2. The second-order valence-electron chi connectivity index (χ2n) is 6.29. The van der Waals surface area contributed by atoms with Gasteiger partial charge < -0.3 is 5.32 Å². The number of anilines is 1. The van der Waals surface area contributed by atoms with Gasteiger partial charge in [0.15, 0.2) is 5.78 Å². The van der Waals surface area contributed by atoms with Gasteiger partial charge in [-0.25, -0.2) is 4.68 Å². The number of fused-ring (bicyclic) bond motifs is 2. The van der Waals surface area contributed by atoms with E-state index in [2.05, 4.69) is 39.7 Å². The van der Waals surface area contributed by atoms with Crippen LogP contribution >= 0.6 is 0 Å². The number of ketones is 1. The minimum Gasteiger partial charge on any atom is -0.328 e. The summed E-state index contributed by atoms with van der Waals surface area (Å²) < 4.78 is 1.84. The van der Waals surface area contributed by atoms with Crippen LogP contribution in [0.2, 0.25) is 0 Å². The first-order chi connectivity index (χ1) is 11.8. The highest BCUT2D eigenvalue weighted by Crippen LogP contribution is 2.41. The quantitative estimate of drug-likeness (QED) is 0.747. The third-order valence-corrected chi connectivity index (χ3v) is 4.93. The fraction of sp³-hybridized carbons (Fsp3) is 0.211. The van der Waals surface area contributed by atoms with E-state index >= 15 is 0 Å². The lowest BCUT2D eigenvalue weighted by atomic mass is 9.84. The number of allylic oxidation sites excluding steroid dienone is 2. The Bertz CT molecular complexity index is 996. The number of aromatic nitrogens is 3. The van der Waals surface area contributed by atoms with Crippen LogP contribution in [0.4, 0.5) is 5.95 Å². The van der Waals surface area contributed by atoms with E-state index < -0.39 is 0 Å². The van der Waals surface area contributed by atoms with Crippen molar-refractivity contribution < 1.29 is 4.79 Å². The lowest BCUT2D eigenvalue weighted by Crippen LogP contribution is -2.31. The van der Waals surface area contributed by atoms with Gasteiger partial charge in [-0.3, -0.25) is 4.79 Å². The Labute approximate surface area is 139 Å². The molecule has 0 spiro atoms. The maximum absolute atomic E-state index is 12.7. The molecule has 3 aromatic rings. The van der Waals surface area contributed by atoms with Crippen molar-refractivity contribution in [2.24, 2.45) is 0 Å². The third-order valence-electron chi connectivity index (χ3n) is 4.93. The summed E-state index contributed by atoms with van der Waals surface area (Å²) in [4.78, 5) is 17.0. The Morgan fingerprint density at radius 1 is 1.08 bits per heavy atom. The third kappa shape index (κ3) is 1.84. The molecule has 0 fully saturated rings. The molecule has 0 radical (unpaired) electrons. The van der Waals surface area contributed by atoms with E-state index in [0.29, 0.717) is 12.4 Å². The molecule has 0 unspecified atom stereocenters. The van der Waals surface area contributed by atoms with Crippen LogP contribution in [0.1, 0.15) is 30.9 Å². The Morgan fingerprint density at radius 3 is 2.92 bits per heavy atom. The molecule has 2 heterocycles. The van der Waals surface area contributed by atoms with Crippen LogP contribution in [-0.4, -0.2) is 20.5 Å². The summed E-state index contributed by atoms with van der Waals surface area (Å²) in [5.41, 5.74) is 2.95. The summed E-state index contributed by atoms with van der Waals surface area (Å²) in [5, 5.41) is 10.0. The van der Waals surface area contributed by atoms with Crippen molar-refractivity contribution in [2.45, 2.75) is 25.3 Å². The van der Waals surface area contributed by atoms with E-state index in [1.807, 2.05) is 22.9 Å². The average molecular weight is 316 g/mol. The molecule has 2 aliphatic rings. The number of hydrogen-bond acceptors (Lipinski definition) is 4. The summed E-state index contributed by atoms with van der Waals surface area (Å²) in [6, 6.07) is 14.3. The minimum atomic E-state index is -0.211. The van der Waals surface area contributed by atoms with Crippen molar-refractivity contribution in [3.05, 3.63) is 65.6 Å². The molecule has 0 saturated heterocycles. The van der Waals surface area contributed by atoms with Crippen molar-refractivity contribution in [3.63, 3.8) is 0 Å². The monoisotopic (exact) mass is 316 g/mol. The van der Waals surface area contributed by atoms with Crippen LogP contribution in [0, 0.1) is 0 Å². The Hall–Kier alpha value is -2.95. The van der Waals surface area contributed by atoms with E-state index in [1.165, 1.54) is 5.39 Å². The van der Waals surface area contributed by atoms with Gasteiger partial charge in [0, 0.05) is 17.7 Å². The second-order valence-corrected chi connectivity index (χ2v) is 6.29. The largest absolute Gasteiger partial charge is 0.328 e. The van der Waals surface area contributed by atoms with E-state index in [0.717, 1.165) is 35.1 Å². The number of carbonyl (C=O) groups is 1. The zero-order valence-corrected chi connectivity index (χ0v) is 13.1. The van der Waals surface area contributed by atoms with Crippen LogP contribution in [0.15, 0.2) is 60.1 Å². The van der Waals surface area contributed by atoms with Crippen molar-refractivity contribution in [1.82, 2.24) is 14.8 Å². The van der Waals surface area contributed by atoms with Crippen molar-refractivity contribution in [3.8, 4) is 0 Å². The average Bonchev–Trinajstić information content (AvgIpc) is 3.08. The Balaban J connectivity index is 1.81. The number of rotatable bonds is 1. The molecule has 1 N–H and O–H groups in total. The van der Waals surface area contributed by atoms with Gasteiger partial charge in [0.1, 0.15) is 12.4 Å². The number of nitrogens with one attached hydrogen (secondary N) is 1. The molecule has 118 valence electrons. The first-order valence-corrected chi connectivity index (χ1v) is 8.23. The van der Waals surface area contributed by atoms with Gasteiger partial charge in [0.2, 0.25) is 5.95 Å². The summed E-state index contributed by atoms with van der Waals surface area (Å²) in [6.45, 7) is 0. The summed E-state index contributed by atoms with van der Waals surface area (Å²) in [7, 11) is 0. The zero-order chi connectivity index (χ0) is 16.1. The summed E-state index contributed by atoms with van der Waals surface area (Å²) in [6.07, 6.45) is 3.92. The highest BCUT2D eigenvalue weighted by molar-refractivity contribution is 6.00. The van der Waals surface area contributed by atoms with Crippen molar-refractivity contribution >= 4 is 22.5 Å². The molecule has 1 aliphatic heterocycles. The van der Waals surface area contributed by atoms with Crippen molar-refractivity contribution in [1.29, 1.82) is 0 Å². The van der Waals surface area contributed by atoms with Gasteiger partial charge in [0.25, 0.3) is 0 Å². The van der Waals surface area contributed by atoms with Crippen LogP contribution in [-0.2, 0) is 4.79 Å². The molecule has 24 heavy (non-hydrogen) atoms. The summed E-state index contributed by atoms with van der Waals surface area (Å²) in [5.74, 6) is 0.921. The molecule has 1 aliphatic carbocycles. The first-order valence-electron chi connectivity index (χ1n) is 8.23. The molecule has 5 nitrogen and oxygen atoms in total. The molecular weight excluding hydrogens is 300 g/mol. The predicted octanol–water partition coefficient (Wildman–Crippen LogP) is 3.45. The highest BCUT2D eigenvalue weighted by atomic mass is 16.1. The smallest absolute Gasteiger partial charge is 0.226 e. The minimum absolute atomic E-state index is 0.211. The van der Waals surface area contributed by atoms with Gasteiger partial charge in [-0.1, -0.05) is 42.5 Å². The van der Waals surface area contributed by atoms with Gasteiger partial charge >= 0.3 is 0 Å². The molecule has 0 amide bonds. The Kier molecular flexibility index (Phi) is 2.82. The van der Waals surface area contributed by atoms with Gasteiger partial charge in [-0.15, -0.1) is 0 Å². The maximum Gasteiger partial charge on any atom is 0.226 e. The van der Waals surface area contributed by atoms with E-state index in [4.69, 9.17) is 0 Å². The predicted molar refractivity (Wildman–Crippen MR) is 91.6 cm³/mol. The summed E-state index contributed by atoms with van der Waals surface area (Å²) >= 11 is 0. The number of nitrogens with zero attached hydrogens (tertiary/aromatic N) is 3. The number of benzene rings is 2. The molecule has 2 aromatic carbocycles.